The molecule has 24 heavy (non-hydrogen) atoms. The number of carbonyl (C=O) groups excluding carboxylic acids is 1. The number of aryl methyl sites for hydroxylation is 2. The summed E-state index contributed by atoms with van der Waals surface area (Å²) in [6.07, 6.45) is 1.74. The average molecular weight is 345 g/mol. The monoisotopic (exact) mass is 345 g/mol. The van der Waals surface area contributed by atoms with Gasteiger partial charge in [-0.05, 0) is 50.8 Å². The van der Waals surface area contributed by atoms with E-state index in [1.807, 2.05) is 44.2 Å². The molecule has 2 rings (SSSR count). The highest BCUT2D eigenvalue weighted by atomic mass is 32.2. The van der Waals surface area contributed by atoms with Crippen molar-refractivity contribution in [3.63, 3.8) is 0 Å². The maximum atomic E-state index is 11.7. The highest BCUT2D eigenvalue weighted by Crippen LogP contribution is 2.30. The van der Waals surface area contributed by atoms with Crippen molar-refractivity contribution in [2.45, 2.75) is 27.4 Å². The van der Waals surface area contributed by atoms with Crippen LogP contribution in [-0.2, 0) is 6.61 Å². The fourth-order valence-corrected chi connectivity index (χ4v) is 2.61. The predicted octanol–water partition coefficient (Wildman–Crippen LogP) is 5.18. The summed E-state index contributed by atoms with van der Waals surface area (Å²) in [6.45, 7) is 6.88. The van der Waals surface area contributed by atoms with E-state index in [1.165, 1.54) is 5.56 Å². The zero-order chi connectivity index (χ0) is 17.5. The van der Waals surface area contributed by atoms with Crippen LogP contribution >= 0.6 is 11.8 Å². The molecule has 128 valence electrons. The lowest BCUT2D eigenvalue weighted by Gasteiger charge is -2.17. The number of ether oxygens (including phenoxy) is 2. The minimum absolute atomic E-state index is 0.114. The summed E-state index contributed by atoms with van der Waals surface area (Å²) in [4.78, 5) is 11.7. The van der Waals surface area contributed by atoms with Crippen LogP contribution in [0, 0.1) is 13.8 Å². The number of benzene rings is 2. The summed E-state index contributed by atoms with van der Waals surface area (Å²) in [5, 5.41) is 2.77. The molecule has 0 fully saturated rings. The van der Waals surface area contributed by atoms with Gasteiger partial charge in [0.2, 0.25) is 0 Å². The van der Waals surface area contributed by atoms with Gasteiger partial charge in [-0.25, -0.2) is 0 Å². The molecule has 0 bridgehead atoms. The second-order valence-corrected chi connectivity index (χ2v) is 6.17. The van der Waals surface area contributed by atoms with Gasteiger partial charge in [0.15, 0.2) is 0 Å². The fraction of sp³-hybridized carbons (Fsp3) is 0.316. The minimum Gasteiger partial charge on any atom is -0.493 e. The highest BCUT2D eigenvalue weighted by Gasteiger charge is 2.13. The van der Waals surface area contributed by atoms with Crippen molar-refractivity contribution in [1.82, 2.24) is 0 Å². The van der Waals surface area contributed by atoms with Gasteiger partial charge in [-0.2, -0.15) is 0 Å². The van der Waals surface area contributed by atoms with Gasteiger partial charge in [-0.15, -0.1) is 0 Å². The minimum atomic E-state index is -0.114. The molecular formula is C19H23NO3S. The molecule has 0 spiro atoms. The van der Waals surface area contributed by atoms with E-state index in [4.69, 9.17) is 9.47 Å². The predicted molar refractivity (Wildman–Crippen MR) is 100 cm³/mol. The number of hydrogen-bond donors (Lipinski definition) is 1. The topological polar surface area (TPSA) is 47.6 Å². The van der Waals surface area contributed by atoms with E-state index in [-0.39, 0.29) is 5.24 Å². The first-order chi connectivity index (χ1) is 11.5. The quantitative estimate of drug-likeness (QED) is 0.784. The maximum absolute atomic E-state index is 11.7. The van der Waals surface area contributed by atoms with Crippen molar-refractivity contribution in [2.75, 3.05) is 18.2 Å². The molecule has 0 aliphatic carbocycles. The molecule has 0 aliphatic heterocycles. The van der Waals surface area contributed by atoms with Crippen LogP contribution in [0.2, 0.25) is 0 Å². The van der Waals surface area contributed by atoms with Crippen molar-refractivity contribution in [3.05, 3.63) is 53.1 Å². The molecule has 2 aromatic rings. The van der Waals surface area contributed by atoms with E-state index in [9.17, 15) is 4.79 Å². The Morgan fingerprint density at radius 2 is 1.92 bits per heavy atom. The molecule has 5 heteroatoms. The third kappa shape index (κ3) is 4.68. The van der Waals surface area contributed by atoms with Crippen molar-refractivity contribution >= 4 is 22.7 Å². The first-order valence-electron chi connectivity index (χ1n) is 7.84. The summed E-state index contributed by atoms with van der Waals surface area (Å²) in [5.74, 6) is 1.55. The summed E-state index contributed by atoms with van der Waals surface area (Å²) in [5.41, 5.74) is 3.83. The van der Waals surface area contributed by atoms with Crippen LogP contribution in [0.5, 0.6) is 11.5 Å². The number of hydrogen-bond acceptors (Lipinski definition) is 4. The Bertz CT molecular complexity index is 716. The van der Waals surface area contributed by atoms with Crippen molar-refractivity contribution in [2.24, 2.45) is 0 Å². The van der Waals surface area contributed by atoms with Gasteiger partial charge in [0, 0.05) is 0 Å². The SMILES string of the molecule is CCOc1cccc(NC(=O)SC)c1COc1ccc(C)cc1C. The Hall–Kier alpha value is -2.14. The van der Waals surface area contributed by atoms with Gasteiger partial charge < -0.3 is 14.8 Å². The summed E-state index contributed by atoms with van der Waals surface area (Å²) < 4.78 is 11.7. The lowest BCUT2D eigenvalue weighted by Crippen LogP contribution is -2.10. The van der Waals surface area contributed by atoms with E-state index in [0.717, 1.165) is 34.4 Å². The molecule has 2 aromatic carbocycles. The number of thioether (sulfide) groups is 1. The maximum Gasteiger partial charge on any atom is 0.283 e. The van der Waals surface area contributed by atoms with Gasteiger partial charge >= 0.3 is 0 Å². The zero-order valence-electron chi connectivity index (χ0n) is 14.5. The summed E-state index contributed by atoms with van der Waals surface area (Å²) in [6, 6.07) is 11.7. The molecule has 4 nitrogen and oxygen atoms in total. The number of anilines is 1. The lowest BCUT2D eigenvalue weighted by atomic mass is 10.1. The third-order valence-corrected chi connectivity index (χ3v) is 4.03. The van der Waals surface area contributed by atoms with E-state index in [0.29, 0.717) is 18.9 Å². The van der Waals surface area contributed by atoms with Crippen molar-refractivity contribution in [1.29, 1.82) is 0 Å². The van der Waals surface area contributed by atoms with Crippen LogP contribution in [-0.4, -0.2) is 18.1 Å². The molecule has 0 atom stereocenters. The van der Waals surface area contributed by atoms with Gasteiger partial charge in [0.1, 0.15) is 18.1 Å². The number of rotatable bonds is 6. The van der Waals surface area contributed by atoms with Gasteiger partial charge in [0.25, 0.3) is 5.24 Å². The van der Waals surface area contributed by atoms with E-state index < -0.39 is 0 Å². The number of carbonyl (C=O) groups is 1. The summed E-state index contributed by atoms with van der Waals surface area (Å²) in [7, 11) is 0. The van der Waals surface area contributed by atoms with Crippen LogP contribution in [0.15, 0.2) is 36.4 Å². The standard InChI is InChI=1S/C19H23NO3S/c1-5-22-18-8-6-7-16(20-19(21)24-4)15(18)12-23-17-10-9-13(2)11-14(17)3/h6-11H,5,12H2,1-4H3,(H,20,21). The third-order valence-electron chi connectivity index (χ3n) is 3.56. The van der Waals surface area contributed by atoms with E-state index >= 15 is 0 Å². The molecule has 0 aliphatic rings. The molecule has 0 aromatic heterocycles. The molecular weight excluding hydrogens is 322 g/mol. The average Bonchev–Trinajstić information content (AvgIpc) is 2.56. The molecule has 0 unspecified atom stereocenters. The van der Waals surface area contributed by atoms with Gasteiger partial charge in [-0.3, -0.25) is 4.79 Å². The molecule has 0 saturated heterocycles. The second-order valence-electron chi connectivity index (χ2n) is 5.39. The Kier molecular flexibility index (Phi) is 6.55. The molecule has 1 N–H and O–H groups in total. The number of amides is 1. The van der Waals surface area contributed by atoms with Crippen LogP contribution in [0.3, 0.4) is 0 Å². The molecule has 0 heterocycles. The van der Waals surface area contributed by atoms with Crippen LogP contribution in [0.25, 0.3) is 0 Å². The number of nitrogens with one attached hydrogen (secondary N) is 1. The normalized spacial score (nSPS) is 10.3. The van der Waals surface area contributed by atoms with E-state index in [1.54, 1.807) is 6.26 Å². The Balaban J connectivity index is 2.26. The first-order valence-corrected chi connectivity index (χ1v) is 9.07. The van der Waals surface area contributed by atoms with Crippen molar-refractivity contribution in [3.8, 4) is 11.5 Å². The van der Waals surface area contributed by atoms with Gasteiger partial charge in [-0.1, -0.05) is 35.5 Å². The molecule has 0 radical (unpaired) electrons. The fourth-order valence-electron chi connectivity index (χ4n) is 2.39. The van der Waals surface area contributed by atoms with Crippen LogP contribution in [0.4, 0.5) is 10.5 Å². The molecule has 1 amide bonds. The highest BCUT2D eigenvalue weighted by molar-refractivity contribution is 8.13. The van der Waals surface area contributed by atoms with Crippen LogP contribution in [0.1, 0.15) is 23.6 Å². The van der Waals surface area contributed by atoms with E-state index in [2.05, 4.69) is 18.3 Å². The molecule has 0 saturated carbocycles. The van der Waals surface area contributed by atoms with Crippen LogP contribution < -0.4 is 14.8 Å². The largest absolute Gasteiger partial charge is 0.493 e. The Morgan fingerprint density at radius 3 is 2.58 bits per heavy atom. The van der Waals surface area contributed by atoms with Gasteiger partial charge in [0.05, 0.1) is 17.9 Å². The van der Waals surface area contributed by atoms with Crippen molar-refractivity contribution < 1.29 is 14.3 Å². The smallest absolute Gasteiger partial charge is 0.283 e. The summed E-state index contributed by atoms with van der Waals surface area (Å²) >= 11 is 1.13. The zero-order valence-corrected chi connectivity index (χ0v) is 15.3. The second kappa shape index (κ2) is 8.64. The first kappa shape index (κ1) is 18.2. The Morgan fingerprint density at radius 1 is 1.12 bits per heavy atom. The lowest BCUT2D eigenvalue weighted by molar-refractivity contribution is 0.269. The Labute approximate surface area is 147 Å².